The molecule has 0 bridgehead atoms. The van der Waals surface area contributed by atoms with Crippen LogP contribution in [0, 0.1) is 0 Å². The zero-order chi connectivity index (χ0) is 14.7. The first kappa shape index (κ1) is 15.0. The van der Waals surface area contributed by atoms with Crippen molar-refractivity contribution in [1.82, 2.24) is 14.7 Å². The molecule has 0 amide bonds. The lowest BCUT2D eigenvalue weighted by molar-refractivity contribution is 0.0744. The Morgan fingerprint density at radius 1 is 1.24 bits per heavy atom. The molecule has 1 aromatic heterocycles. The van der Waals surface area contributed by atoms with Crippen molar-refractivity contribution >= 4 is 0 Å². The molecule has 1 aromatic rings. The van der Waals surface area contributed by atoms with E-state index in [2.05, 4.69) is 28.9 Å². The molecule has 2 N–H and O–H groups in total. The average Bonchev–Trinajstić information content (AvgIpc) is 3.18. The third-order valence-electron chi connectivity index (χ3n) is 5.74. The highest BCUT2D eigenvalue weighted by atomic mass is 15.3. The first-order chi connectivity index (χ1) is 10.2. The molecule has 3 rings (SSSR count). The van der Waals surface area contributed by atoms with Crippen LogP contribution >= 0.6 is 0 Å². The summed E-state index contributed by atoms with van der Waals surface area (Å²) in [6.45, 7) is 1.70. The minimum Gasteiger partial charge on any atom is -0.329 e. The predicted octanol–water partition coefficient (Wildman–Crippen LogP) is 3.09. The molecule has 2 saturated carbocycles. The molecule has 0 radical (unpaired) electrons. The molecule has 4 nitrogen and oxygen atoms in total. The first-order valence-electron chi connectivity index (χ1n) is 8.69. The normalized spacial score (nSPS) is 23.0. The summed E-state index contributed by atoms with van der Waals surface area (Å²) < 4.78 is 2.20. The van der Waals surface area contributed by atoms with Crippen molar-refractivity contribution in [3.05, 3.63) is 18.0 Å². The maximum atomic E-state index is 6.13. The Morgan fingerprint density at radius 3 is 2.62 bits per heavy atom. The van der Waals surface area contributed by atoms with Crippen molar-refractivity contribution in [2.75, 3.05) is 13.6 Å². The molecule has 0 saturated heterocycles. The van der Waals surface area contributed by atoms with Gasteiger partial charge >= 0.3 is 0 Å². The van der Waals surface area contributed by atoms with Crippen LogP contribution in [-0.2, 0) is 6.54 Å². The van der Waals surface area contributed by atoms with Gasteiger partial charge in [0.05, 0.1) is 11.7 Å². The topological polar surface area (TPSA) is 47.1 Å². The molecule has 0 spiro atoms. The van der Waals surface area contributed by atoms with Gasteiger partial charge in [0, 0.05) is 24.8 Å². The van der Waals surface area contributed by atoms with Gasteiger partial charge in [-0.2, -0.15) is 5.10 Å². The fraction of sp³-hybridized carbons (Fsp3) is 0.824. The van der Waals surface area contributed by atoms with Crippen molar-refractivity contribution < 1.29 is 0 Å². The summed E-state index contributed by atoms with van der Waals surface area (Å²) in [6.07, 6.45) is 14.0. The van der Waals surface area contributed by atoms with E-state index < -0.39 is 0 Å². The van der Waals surface area contributed by atoms with Crippen LogP contribution in [-0.4, -0.2) is 33.8 Å². The molecule has 0 aliphatic heterocycles. The van der Waals surface area contributed by atoms with E-state index in [1.807, 2.05) is 0 Å². The van der Waals surface area contributed by atoms with Gasteiger partial charge in [-0.3, -0.25) is 9.58 Å². The number of aromatic nitrogens is 2. The molecular weight excluding hydrogens is 260 g/mol. The number of hydrogen-bond acceptors (Lipinski definition) is 3. The SMILES string of the molecule is CN(Cc1ccn(C2CCCC2)n1)C1(CN)CCCCC1. The van der Waals surface area contributed by atoms with Gasteiger partial charge in [-0.1, -0.05) is 32.1 Å². The van der Waals surface area contributed by atoms with Crippen LogP contribution in [0.15, 0.2) is 12.3 Å². The van der Waals surface area contributed by atoms with Crippen molar-refractivity contribution in [1.29, 1.82) is 0 Å². The lowest BCUT2D eigenvalue weighted by Gasteiger charge is -2.43. The Hall–Kier alpha value is -0.870. The highest BCUT2D eigenvalue weighted by Crippen LogP contribution is 2.33. The Labute approximate surface area is 128 Å². The standard InChI is InChI=1S/C17H30N4/c1-20(17(14-18)10-5-2-6-11-17)13-15-9-12-21(19-15)16-7-3-4-8-16/h9,12,16H,2-8,10-11,13-14,18H2,1H3. The van der Waals surface area contributed by atoms with Crippen LogP contribution in [0.1, 0.15) is 69.5 Å². The van der Waals surface area contributed by atoms with Crippen molar-refractivity contribution in [2.24, 2.45) is 5.73 Å². The molecule has 2 aliphatic carbocycles. The van der Waals surface area contributed by atoms with Gasteiger partial charge in [-0.15, -0.1) is 0 Å². The van der Waals surface area contributed by atoms with Crippen LogP contribution in [0.5, 0.6) is 0 Å². The fourth-order valence-corrected chi connectivity index (χ4v) is 4.20. The summed E-state index contributed by atoms with van der Waals surface area (Å²) >= 11 is 0. The molecule has 2 fully saturated rings. The van der Waals surface area contributed by atoms with E-state index in [1.165, 1.54) is 63.5 Å². The first-order valence-corrected chi connectivity index (χ1v) is 8.69. The number of hydrogen-bond donors (Lipinski definition) is 1. The molecule has 4 heteroatoms. The van der Waals surface area contributed by atoms with Crippen molar-refractivity contribution in [2.45, 2.75) is 75.9 Å². The van der Waals surface area contributed by atoms with E-state index in [4.69, 9.17) is 10.8 Å². The minimum atomic E-state index is 0.204. The van der Waals surface area contributed by atoms with Gasteiger partial charge in [0.25, 0.3) is 0 Å². The Morgan fingerprint density at radius 2 is 1.95 bits per heavy atom. The second-order valence-corrected chi connectivity index (χ2v) is 7.07. The molecule has 0 atom stereocenters. The van der Waals surface area contributed by atoms with E-state index in [9.17, 15) is 0 Å². The third kappa shape index (κ3) is 3.16. The van der Waals surface area contributed by atoms with E-state index >= 15 is 0 Å². The summed E-state index contributed by atoms with van der Waals surface area (Å²) in [5.74, 6) is 0. The van der Waals surface area contributed by atoms with E-state index in [0.29, 0.717) is 6.04 Å². The maximum Gasteiger partial charge on any atom is 0.0764 e. The van der Waals surface area contributed by atoms with E-state index in [1.54, 1.807) is 0 Å². The number of nitrogens with zero attached hydrogens (tertiary/aromatic N) is 3. The lowest BCUT2D eigenvalue weighted by Crippen LogP contribution is -2.52. The highest BCUT2D eigenvalue weighted by Gasteiger charge is 2.34. The number of nitrogens with two attached hydrogens (primary N) is 1. The maximum absolute atomic E-state index is 6.13. The fourth-order valence-electron chi connectivity index (χ4n) is 4.20. The van der Waals surface area contributed by atoms with Crippen LogP contribution in [0.3, 0.4) is 0 Å². The van der Waals surface area contributed by atoms with Crippen LogP contribution in [0.2, 0.25) is 0 Å². The second-order valence-electron chi connectivity index (χ2n) is 7.07. The van der Waals surface area contributed by atoms with Crippen molar-refractivity contribution in [3.63, 3.8) is 0 Å². The molecule has 1 heterocycles. The Kier molecular flexibility index (Phi) is 4.65. The Bertz CT molecular complexity index is 441. The molecule has 118 valence electrons. The van der Waals surface area contributed by atoms with E-state index in [0.717, 1.165) is 13.1 Å². The smallest absolute Gasteiger partial charge is 0.0764 e. The van der Waals surface area contributed by atoms with Gasteiger partial charge in [0.2, 0.25) is 0 Å². The average molecular weight is 290 g/mol. The lowest BCUT2D eigenvalue weighted by atomic mass is 9.80. The van der Waals surface area contributed by atoms with Crippen molar-refractivity contribution in [3.8, 4) is 0 Å². The van der Waals surface area contributed by atoms with Gasteiger partial charge in [0.1, 0.15) is 0 Å². The summed E-state index contributed by atoms with van der Waals surface area (Å²) in [7, 11) is 2.23. The molecule has 0 unspecified atom stereocenters. The zero-order valence-electron chi connectivity index (χ0n) is 13.4. The quantitative estimate of drug-likeness (QED) is 0.906. The molecule has 0 aromatic carbocycles. The second kappa shape index (κ2) is 6.49. The van der Waals surface area contributed by atoms with Gasteiger partial charge < -0.3 is 5.73 Å². The number of rotatable bonds is 5. The summed E-state index contributed by atoms with van der Waals surface area (Å²) in [6, 6.07) is 2.84. The summed E-state index contributed by atoms with van der Waals surface area (Å²) in [5, 5.41) is 4.83. The van der Waals surface area contributed by atoms with Gasteiger partial charge in [-0.05, 0) is 38.8 Å². The minimum absolute atomic E-state index is 0.204. The summed E-state index contributed by atoms with van der Waals surface area (Å²) in [4.78, 5) is 2.47. The molecular formula is C17H30N4. The largest absolute Gasteiger partial charge is 0.329 e. The highest BCUT2D eigenvalue weighted by molar-refractivity contribution is 5.03. The molecule has 21 heavy (non-hydrogen) atoms. The van der Waals surface area contributed by atoms with Crippen LogP contribution in [0.25, 0.3) is 0 Å². The summed E-state index contributed by atoms with van der Waals surface area (Å²) in [5.41, 5.74) is 7.53. The number of likely N-dealkylation sites (N-methyl/N-ethyl adjacent to an activating group) is 1. The van der Waals surface area contributed by atoms with Crippen LogP contribution in [0.4, 0.5) is 0 Å². The van der Waals surface area contributed by atoms with E-state index in [-0.39, 0.29) is 5.54 Å². The zero-order valence-corrected chi connectivity index (χ0v) is 13.4. The van der Waals surface area contributed by atoms with Crippen LogP contribution < -0.4 is 5.73 Å². The monoisotopic (exact) mass is 290 g/mol. The predicted molar refractivity (Wildman–Crippen MR) is 86.1 cm³/mol. The Balaban J connectivity index is 1.64. The molecule has 2 aliphatic rings. The van der Waals surface area contributed by atoms with Gasteiger partial charge in [-0.25, -0.2) is 0 Å². The van der Waals surface area contributed by atoms with Gasteiger partial charge in [0.15, 0.2) is 0 Å². The third-order valence-corrected chi connectivity index (χ3v) is 5.74.